The maximum Gasteiger partial charge on any atom is 0.164 e. The van der Waals surface area contributed by atoms with Gasteiger partial charge in [-0.25, -0.2) is 0 Å². The lowest BCUT2D eigenvalue weighted by molar-refractivity contribution is 0.0981. The van der Waals surface area contributed by atoms with Crippen LogP contribution in [0.2, 0.25) is 5.02 Å². The Morgan fingerprint density at radius 3 is 2.53 bits per heavy atom. The van der Waals surface area contributed by atoms with E-state index in [4.69, 9.17) is 11.6 Å². The van der Waals surface area contributed by atoms with Crippen molar-refractivity contribution in [3.8, 4) is 0 Å². The zero-order valence-electron chi connectivity index (χ0n) is 9.92. The highest BCUT2D eigenvalue weighted by molar-refractivity contribution is 6.30. The van der Waals surface area contributed by atoms with Crippen molar-refractivity contribution < 1.29 is 4.79 Å². The van der Waals surface area contributed by atoms with E-state index in [1.54, 1.807) is 24.3 Å². The van der Waals surface area contributed by atoms with Crippen LogP contribution in [0, 0.1) is 0 Å². The molecule has 2 nitrogen and oxygen atoms in total. The summed E-state index contributed by atoms with van der Waals surface area (Å²) in [6.45, 7) is 0.784. The molecule has 0 spiro atoms. The number of halogens is 1. The van der Waals surface area contributed by atoms with Crippen molar-refractivity contribution >= 4 is 17.4 Å². The number of hydrogen-bond donors (Lipinski definition) is 1. The van der Waals surface area contributed by atoms with Crippen molar-refractivity contribution in [1.82, 2.24) is 5.32 Å². The second-order valence-electron chi connectivity index (χ2n) is 4.62. The standard InChI is InChI=1S/C14H18ClNO/c15-12-7-5-11(6-8-12)14(17)9-10-16-13-3-1-2-4-13/h5-8,13,16H,1-4,9-10H2. The largest absolute Gasteiger partial charge is 0.314 e. The van der Waals surface area contributed by atoms with Gasteiger partial charge in [0.15, 0.2) is 5.78 Å². The van der Waals surface area contributed by atoms with Gasteiger partial charge < -0.3 is 5.32 Å². The molecule has 1 aliphatic rings. The highest BCUT2D eigenvalue weighted by Gasteiger charge is 2.14. The van der Waals surface area contributed by atoms with Crippen LogP contribution in [-0.4, -0.2) is 18.4 Å². The molecule has 1 aromatic carbocycles. The van der Waals surface area contributed by atoms with E-state index in [0.29, 0.717) is 17.5 Å². The van der Waals surface area contributed by atoms with Crippen LogP contribution < -0.4 is 5.32 Å². The molecule has 0 bridgehead atoms. The van der Waals surface area contributed by atoms with Crippen molar-refractivity contribution in [3.63, 3.8) is 0 Å². The Kier molecular flexibility index (Phi) is 4.57. The first-order valence-corrected chi connectivity index (χ1v) is 6.65. The molecule has 0 amide bonds. The highest BCUT2D eigenvalue weighted by atomic mass is 35.5. The zero-order chi connectivity index (χ0) is 12.1. The molecule has 92 valence electrons. The molecular weight excluding hydrogens is 234 g/mol. The predicted molar refractivity (Wildman–Crippen MR) is 70.7 cm³/mol. The summed E-state index contributed by atoms with van der Waals surface area (Å²) in [6, 6.07) is 7.74. The Morgan fingerprint density at radius 1 is 1.24 bits per heavy atom. The number of ketones is 1. The van der Waals surface area contributed by atoms with Gasteiger partial charge in [0.05, 0.1) is 0 Å². The summed E-state index contributed by atoms with van der Waals surface area (Å²) >= 11 is 5.78. The monoisotopic (exact) mass is 251 g/mol. The average Bonchev–Trinajstić information content (AvgIpc) is 2.83. The van der Waals surface area contributed by atoms with E-state index in [-0.39, 0.29) is 5.78 Å². The van der Waals surface area contributed by atoms with Gasteiger partial charge in [0.2, 0.25) is 0 Å². The summed E-state index contributed by atoms with van der Waals surface area (Å²) in [4.78, 5) is 11.8. The first kappa shape index (κ1) is 12.6. The van der Waals surface area contributed by atoms with Gasteiger partial charge in [-0.15, -0.1) is 0 Å². The lowest BCUT2D eigenvalue weighted by atomic mass is 10.1. The van der Waals surface area contributed by atoms with Crippen molar-refractivity contribution in [2.45, 2.75) is 38.1 Å². The fourth-order valence-electron chi connectivity index (χ4n) is 2.30. The Hall–Kier alpha value is -0.860. The highest BCUT2D eigenvalue weighted by Crippen LogP contribution is 2.17. The third kappa shape index (κ3) is 3.83. The molecule has 0 saturated heterocycles. The number of carbonyl (C=O) groups excluding carboxylic acids is 1. The Labute approximate surface area is 107 Å². The van der Waals surface area contributed by atoms with Gasteiger partial charge in [-0.05, 0) is 37.1 Å². The SMILES string of the molecule is O=C(CCNC1CCCC1)c1ccc(Cl)cc1. The van der Waals surface area contributed by atoms with Gasteiger partial charge in [0.1, 0.15) is 0 Å². The number of hydrogen-bond acceptors (Lipinski definition) is 2. The van der Waals surface area contributed by atoms with Gasteiger partial charge in [0.25, 0.3) is 0 Å². The van der Waals surface area contributed by atoms with E-state index in [1.165, 1.54) is 25.7 Å². The van der Waals surface area contributed by atoms with E-state index in [0.717, 1.165) is 12.1 Å². The molecule has 3 heteroatoms. The minimum atomic E-state index is 0.187. The molecule has 1 aliphatic carbocycles. The maximum atomic E-state index is 11.8. The maximum absolute atomic E-state index is 11.8. The number of benzene rings is 1. The fourth-order valence-corrected chi connectivity index (χ4v) is 2.43. The van der Waals surface area contributed by atoms with Crippen LogP contribution in [0.4, 0.5) is 0 Å². The van der Waals surface area contributed by atoms with Crippen LogP contribution >= 0.6 is 11.6 Å². The molecule has 0 radical (unpaired) electrons. The van der Waals surface area contributed by atoms with Crippen molar-refractivity contribution in [2.24, 2.45) is 0 Å². The van der Waals surface area contributed by atoms with Crippen molar-refractivity contribution in [3.05, 3.63) is 34.9 Å². The van der Waals surface area contributed by atoms with Crippen LogP contribution in [0.5, 0.6) is 0 Å². The Bertz CT molecular complexity index is 368. The summed E-state index contributed by atoms with van der Waals surface area (Å²) in [5, 5.41) is 4.12. The summed E-state index contributed by atoms with van der Waals surface area (Å²) < 4.78 is 0. The van der Waals surface area contributed by atoms with E-state index >= 15 is 0 Å². The van der Waals surface area contributed by atoms with Crippen LogP contribution in [0.25, 0.3) is 0 Å². The Balaban J connectivity index is 1.75. The summed E-state index contributed by atoms with van der Waals surface area (Å²) in [5.74, 6) is 0.187. The lowest BCUT2D eigenvalue weighted by Gasteiger charge is -2.10. The third-order valence-electron chi connectivity index (χ3n) is 3.31. The molecular formula is C14H18ClNO. The van der Waals surface area contributed by atoms with Crippen molar-refractivity contribution in [2.75, 3.05) is 6.54 Å². The quantitative estimate of drug-likeness (QED) is 0.813. The number of carbonyl (C=O) groups is 1. The summed E-state index contributed by atoms with van der Waals surface area (Å²) in [6.07, 6.45) is 5.73. The first-order chi connectivity index (χ1) is 8.25. The molecule has 17 heavy (non-hydrogen) atoms. The van der Waals surface area contributed by atoms with Gasteiger partial charge in [-0.3, -0.25) is 4.79 Å². The molecule has 1 aromatic rings. The summed E-state index contributed by atoms with van der Waals surface area (Å²) in [5.41, 5.74) is 0.752. The first-order valence-electron chi connectivity index (χ1n) is 6.28. The van der Waals surface area contributed by atoms with E-state index in [2.05, 4.69) is 5.32 Å². The third-order valence-corrected chi connectivity index (χ3v) is 3.56. The zero-order valence-corrected chi connectivity index (χ0v) is 10.7. The van der Waals surface area contributed by atoms with Crippen LogP contribution in [0.1, 0.15) is 42.5 Å². The molecule has 2 rings (SSSR count). The number of nitrogens with one attached hydrogen (secondary N) is 1. The average molecular weight is 252 g/mol. The van der Waals surface area contributed by atoms with Gasteiger partial charge in [-0.1, -0.05) is 24.4 Å². The van der Waals surface area contributed by atoms with Crippen LogP contribution in [0.3, 0.4) is 0 Å². The second kappa shape index (κ2) is 6.18. The molecule has 1 fully saturated rings. The van der Waals surface area contributed by atoms with Crippen LogP contribution in [0.15, 0.2) is 24.3 Å². The molecule has 0 heterocycles. The van der Waals surface area contributed by atoms with Gasteiger partial charge in [-0.2, -0.15) is 0 Å². The minimum absolute atomic E-state index is 0.187. The van der Waals surface area contributed by atoms with Gasteiger partial charge >= 0.3 is 0 Å². The van der Waals surface area contributed by atoms with Gasteiger partial charge in [0, 0.05) is 29.6 Å². The van der Waals surface area contributed by atoms with E-state index in [9.17, 15) is 4.79 Å². The number of Topliss-reactive ketones (excluding diaryl/α,β-unsaturated/α-hetero) is 1. The minimum Gasteiger partial charge on any atom is -0.314 e. The van der Waals surface area contributed by atoms with E-state index in [1.807, 2.05) is 0 Å². The smallest absolute Gasteiger partial charge is 0.164 e. The molecule has 0 aromatic heterocycles. The number of rotatable bonds is 5. The molecule has 1 saturated carbocycles. The van der Waals surface area contributed by atoms with E-state index < -0.39 is 0 Å². The second-order valence-corrected chi connectivity index (χ2v) is 5.05. The molecule has 0 aliphatic heterocycles. The normalized spacial score (nSPS) is 16.3. The van der Waals surface area contributed by atoms with Crippen molar-refractivity contribution in [1.29, 1.82) is 0 Å². The molecule has 0 unspecified atom stereocenters. The molecule has 1 N–H and O–H groups in total. The topological polar surface area (TPSA) is 29.1 Å². The fraction of sp³-hybridized carbons (Fsp3) is 0.500. The lowest BCUT2D eigenvalue weighted by Crippen LogP contribution is -2.28. The summed E-state index contributed by atoms with van der Waals surface area (Å²) in [7, 11) is 0. The Morgan fingerprint density at radius 2 is 1.88 bits per heavy atom. The molecule has 0 atom stereocenters. The van der Waals surface area contributed by atoms with Crippen LogP contribution in [-0.2, 0) is 0 Å². The predicted octanol–water partition coefficient (Wildman–Crippen LogP) is 3.45.